The summed E-state index contributed by atoms with van der Waals surface area (Å²) in [6.07, 6.45) is 2.89. The minimum Gasteiger partial charge on any atom is -0.495 e. The van der Waals surface area contributed by atoms with Crippen LogP contribution in [0.5, 0.6) is 11.5 Å². The van der Waals surface area contributed by atoms with Crippen molar-refractivity contribution in [1.29, 1.82) is 0 Å². The topological polar surface area (TPSA) is 33.7 Å². The summed E-state index contributed by atoms with van der Waals surface area (Å²) < 4.78 is 11.8. The minimum absolute atomic E-state index is 0. The normalized spacial score (nSPS) is 15.8. The maximum atomic E-state index is 5.46. The molecular weight excluding hydrogens is 403 g/mol. The van der Waals surface area contributed by atoms with Crippen LogP contribution in [0.1, 0.15) is 18.0 Å². The number of rotatable bonds is 6. The van der Waals surface area contributed by atoms with Crippen LogP contribution in [0.15, 0.2) is 29.3 Å². The van der Waals surface area contributed by atoms with Gasteiger partial charge in [0, 0.05) is 32.2 Å². The zero-order valence-corrected chi connectivity index (χ0v) is 16.7. The fraction of sp³-hybridized carbons (Fsp3) is 0.500. The van der Waals surface area contributed by atoms with Crippen molar-refractivity contribution in [2.24, 2.45) is 0 Å². The first-order chi connectivity index (χ1) is 10.2. The van der Waals surface area contributed by atoms with Gasteiger partial charge in [-0.2, -0.15) is 0 Å². The number of ether oxygens (including phenoxy) is 2. The van der Waals surface area contributed by atoms with Crippen molar-refractivity contribution in [2.75, 3.05) is 40.4 Å². The first-order valence-corrected chi connectivity index (χ1v) is 7.97. The van der Waals surface area contributed by atoms with E-state index in [9.17, 15) is 0 Å². The van der Waals surface area contributed by atoms with Crippen LogP contribution in [0.25, 0.3) is 0 Å². The van der Waals surface area contributed by atoms with Crippen LogP contribution in [0.2, 0.25) is 0 Å². The molecule has 23 heavy (non-hydrogen) atoms. The van der Waals surface area contributed by atoms with E-state index in [1.165, 1.54) is 5.56 Å². The van der Waals surface area contributed by atoms with Crippen molar-refractivity contribution in [2.45, 2.75) is 12.5 Å². The second-order valence-electron chi connectivity index (χ2n) is 5.07. The van der Waals surface area contributed by atoms with Crippen molar-refractivity contribution in [1.82, 2.24) is 10.2 Å². The largest absolute Gasteiger partial charge is 0.495 e. The highest BCUT2D eigenvalue weighted by atomic mass is 79.9. The molecule has 0 spiro atoms. The van der Waals surface area contributed by atoms with Gasteiger partial charge in [-0.1, -0.05) is 6.08 Å². The van der Waals surface area contributed by atoms with Crippen molar-refractivity contribution >= 4 is 40.7 Å². The molecule has 0 saturated carbocycles. The number of nitrogens with zero attached hydrogens (tertiary/aromatic N) is 1. The third-order valence-corrected chi connectivity index (χ3v) is 4.62. The molecule has 1 aromatic rings. The molecule has 1 aliphatic heterocycles. The van der Waals surface area contributed by atoms with Gasteiger partial charge in [-0.25, -0.2) is 0 Å². The standard InChI is InChI=1S/C16H23BrN2O2.2ClH/c1-4-5-13(19-8-6-18-7-9-19)12-10-14(20-2)16(17)15(11-12)21-3;;/h4,10-11,13,18H,1,5-9H2,2-3H3;2*1H/t13-;;/m0../s1. The van der Waals surface area contributed by atoms with Gasteiger partial charge in [-0.3, -0.25) is 4.90 Å². The summed E-state index contributed by atoms with van der Waals surface area (Å²) in [6, 6.07) is 4.48. The van der Waals surface area contributed by atoms with E-state index in [0.717, 1.165) is 48.6 Å². The molecule has 7 heteroatoms. The second-order valence-corrected chi connectivity index (χ2v) is 5.86. The zero-order valence-electron chi connectivity index (χ0n) is 13.5. The maximum absolute atomic E-state index is 5.46. The Kier molecular flexibility index (Phi) is 10.9. The fourth-order valence-electron chi connectivity index (χ4n) is 2.73. The van der Waals surface area contributed by atoms with Gasteiger partial charge in [0.15, 0.2) is 0 Å². The molecule has 1 atom stereocenters. The molecule has 0 bridgehead atoms. The lowest BCUT2D eigenvalue weighted by atomic mass is 10.0. The maximum Gasteiger partial charge on any atom is 0.137 e. The Balaban J connectivity index is 0.00000242. The molecule has 2 rings (SSSR count). The molecule has 0 aliphatic carbocycles. The first kappa shape index (κ1) is 22.5. The molecule has 1 saturated heterocycles. The van der Waals surface area contributed by atoms with Crippen molar-refractivity contribution in [3.63, 3.8) is 0 Å². The SMILES string of the molecule is C=CC[C@@H](c1cc(OC)c(Br)c(OC)c1)N1CCNCC1.Cl.Cl. The highest BCUT2D eigenvalue weighted by Gasteiger charge is 2.23. The van der Waals surface area contributed by atoms with E-state index < -0.39 is 0 Å². The lowest BCUT2D eigenvalue weighted by Gasteiger charge is -2.35. The van der Waals surface area contributed by atoms with Gasteiger partial charge in [0.2, 0.25) is 0 Å². The number of methoxy groups -OCH3 is 2. The van der Waals surface area contributed by atoms with Crippen LogP contribution in [0, 0.1) is 0 Å². The third-order valence-electron chi connectivity index (χ3n) is 3.84. The van der Waals surface area contributed by atoms with Crippen LogP contribution < -0.4 is 14.8 Å². The van der Waals surface area contributed by atoms with E-state index in [-0.39, 0.29) is 24.8 Å². The number of nitrogens with one attached hydrogen (secondary N) is 1. The van der Waals surface area contributed by atoms with Crippen LogP contribution in [-0.2, 0) is 0 Å². The summed E-state index contributed by atoms with van der Waals surface area (Å²) in [5.74, 6) is 1.60. The predicted molar refractivity (Wildman–Crippen MR) is 104 cm³/mol. The average molecular weight is 428 g/mol. The quantitative estimate of drug-likeness (QED) is 0.699. The average Bonchev–Trinajstić information content (AvgIpc) is 2.54. The van der Waals surface area contributed by atoms with Gasteiger partial charge < -0.3 is 14.8 Å². The van der Waals surface area contributed by atoms with E-state index in [2.05, 4.69) is 44.9 Å². The summed E-state index contributed by atoms with van der Waals surface area (Å²) in [7, 11) is 3.35. The summed E-state index contributed by atoms with van der Waals surface area (Å²) in [4.78, 5) is 2.49. The van der Waals surface area contributed by atoms with Crippen molar-refractivity contribution in [3.05, 3.63) is 34.8 Å². The molecular formula is C16H25BrCl2N2O2. The van der Waals surface area contributed by atoms with Crippen molar-refractivity contribution in [3.8, 4) is 11.5 Å². The molecule has 4 nitrogen and oxygen atoms in total. The fourth-order valence-corrected chi connectivity index (χ4v) is 3.28. The molecule has 1 heterocycles. The molecule has 1 aromatic carbocycles. The minimum atomic E-state index is 0. The van der Waals surface area contributed by atoms with Gasteiger partial charge in [0.1, 0.15) is 16.0 Å². The van der Waals surface area contributed by atoms with E-state index >= 15 is 0 Å². The number of piperazine rings is 1. The molecule has 1 aliphatic rings. The molecule has 0 radical (unpaired) electrons. The molecule has 0 unspecified atom stereocenters. The van der Waals surface area contributed by atoms with E-state index in [1.54, 1.807) is 14.2 Å². The lowest BCUT2D eigenvalue weighted by Crippen LogP contribution is -2.45. The summed E-state index contributed by atoms with van der Waals surface area (Å²) in [5, 5.41) is 3.39. The first-order valence-electron chi connectivity index (χ1n) is 7.18. The number of hydrogen-bond acceptors (Lipinski definition) is 4. The van der Waals surface area contributed by atoms with Crippen molar-refractivity contribution < 1.29 is 9.47 Å². The predicted octanol–water partition coefficient (Wildman–Crippen LogP) is 3.83. The molecule has 1 N–H and O–H groups in total. The summed E-state index contributed by atoms with van der Waals surface area (Å²) >= 11 is 3.53. The van der Waals surface area contributed by atoms with Crippen LogP contribution in [-0.4, -0.2) is 45.3 Å². The van der Waals surface area contributed by atoms with Crippen LogP contribution >= 0.6 is 40.7 Å². The highest BCUT2D eigenvalue weighted by Crippen LogP contribution is 2.39. The van der Waals surface area contributed by atoms with E-state index in [1.807, 2.05) is 6.08 Å². The summed E-state index contributed by atoms with van der Waals surface area (Å²) in [5.41, 5.74) is 1.20. The molecule has 0 amide bonds. The van der Waals surface area contributed by atoms with E-state index in [0.29, 0.717) is 6.04 Å². The molecule has 132 valence electrons. The Labute approximate surface area is 159 Å². The summed E-state index contributed by atoms with van der Waals surface area (Å²) in [6.45, 7) is 8.04. The lowest BCUT2D eigenvalue weighted by molar-refractivity contribution is 0.174. The van der Waals surface area contributed by atoms with Gasteiger partial charge in [0.25, 0.3) is 0 Å². The third kappa shape index (κ3) is 5.54. The monoisotopic (exact) mass is 426 g/mol. The van der Waals surface area contributed by atoms with Crippen LogP contribution in [0.4, 0.5) is 0 Å². The van der Waals surface area contributed by atoms with Gasteiger partial charge in [-0.15, -0.1) is 31.4 Å². The Morgan fingerprint density at radius 1 is 1.22 bits per heavy atom. The van der Waals surface area contributed by atoms with Gasteiger partial charge in [0.05, 0.1) is 14.2 Å². The number of hydrogen-bond donors (Lipinski definition) is 1. The highest BCUT2D eigenvalue weighted by molar-refractivity contribution is 9.10. The zero-order chi connectivity index (χ0) is 15.2. The van der Waals surface area contributed by atoms with Gasteiger partial charge in [-0.05, 0) is 40.0 Å². The Morgan fingerprint density at radius 3 is 2.17 bits per heavy atom. The number of halogens is 3. The smallest absolute Gasteiger partial charge is 0.137 e. The Morgan fingerprint density at radius 2 is 1.74 bits per heavy atom. The number of benzene rings is 1. The second kappa shape index (κ2) is 11.2. The van der Waals surface area contributed by atoms with Gasteiger partial charge >= 0.3 is 0 Å². The van der Waals surface area contributed by atoms with Crippen LogP contribution in [0.3, 0.4) is 0 Å². The van der Waals surface area contributed by atoms with E-state index in [4.69, 9.17) is 9.47 Å². The molecule has 1 fully saturated rings. The molecule has 0 aromatic heterocycles. The Hall–Kier alpha value is -0.460. The Bertz CT molecular complexity index is 472.